The highest BCUT2D eigenvalue weighted by atomic mass is 14.9. The second-order valence-electron chi connectivity index (χ2n) is 6.19. The van der Waals surface area contributed by atoms with Crippen molar-refractivity contribution in [1.82, 2.24) is 5.32 Å². The second kappa shape index (κ2) is 5.22. The van der Waals surface area contributed by atoms with Crippen LogP contribution in [0.3, 0.4) is 0 Å². The van der Waals surface area contributed by atoms with E-state index in [1.807, 2.05) is 0 Å². The topological polar surface area (TPSA) is 12.0 Å². The molecule has 0 aromatic heterocycles. The van der Waals surface area contributed by atoms with Gasteiger partial charge in [-0.25, -0.2) is 0 Å². The standard InChI is InChI=1S/C16H25N/c1-13(2)11-17-12-16(7-8-16)10-15-6-4-5-14(3)9-15/h4-6,9,13,17H,7-8,10-12H2,1-3H3. The lowest BCUT2D eigenvalue weighted by molar-refractivity contribution is 0.432. The van der Waals surface area contributed by atoms with Gasteiger partial charge < -0.3 is 5.32 Å². The van der Waals surface area contributed by atoms with Crippen LogP contribution >= 0.6 is 0 Å². The van der Waals surface area contributed by atoms with Gasteiger partial charge in [0.1, 0.15) is 0 Å². The third-order valence-electron chi connectivity index (χ3n) is 3.67. The van der Waals surface area contributed by atoms with E-state index >= 15 is 0 Å². The molecule has 2 rings (SSSR count). The fraction of sp³-hybridized carbons (Fsp3) is 0.625. The quantitative estimate of drug-likeness (QED) is 0.789. The Bertz CT molecular complexity index is 364. The first-order valence-electron chi connectivity index (χ1n) is 6.86. The summed E-state index contributed by atoms with van der Waals surface area (Å²) < 4.78 is 0. The van der Waals surface area contributed by atoms with Crippen LogP contribution in [0.15, 0.2) is 24.3 Å². The molecule has 1 fully saturated rings. The molecule has 0 bridgehead atoms. The Kier molecular flexibility index (Phi) is 3.88. The summed E-state index contributed by atoms with van der Waals surface area (Å²) in [6, 6.07) is 8.97. The van der Waals surface area contributed by atoms with Crippen LogP contribution in [0, 0.1) is 18.3 Å². The summed E-state index contributed by atoms with van der Waals surface area (Å²) in [6.07, 6.45) is 4.04. The highest BCUT2D eigenvalue weighted by Gasteiger charge is 2.41. The van der Waals surface area contributed by atoms with Gasteiger partial charge in [0.15, 0.2) is 0 Å². The van der Waals surface area contributed by atoms with Crippen LogP contribution in [-0.2, 0) is 6.42 Å². The number of hydrogen-bond donors (Lipinski definition) is 1. The van der Waals surface area contributed by atoms with E-state index in [2.05, 4.69) is 50.4 Å². The average molecular weight is 231 g/mol. The molecule has 1 aromatic carbocycles. The van der Waals surface area contributed by atoms with Gasteiger partial charge in [0.05, 0.1) is 0 Å². The molecule has 0 atom stereocenters. The molecule has 1 heteroatoms. The lowest BCUT2D eigenvalue weighted by Gasteiger charge is -2.17. The van der Waals surface area contributed by atoms with Crippen molar-refractivity contribution in [3.63, 3.8) is 0 Å². The Morgan fingerprint density at radius 3 is 2.65 bits per heavy atom. The zero-order valence-electron chi connectivity index (χ0n) is 11.4. The Balaban J connectivity index is 1.85. The zero-order valence-corrected chi connectivity index (χ0v) is 11.4. The van der Waals surface area contributed by atoms with E-state index in [1.165, 1.54) is 36.9 Å². The molecule has 0 spiro atoms. The zero-order chi connectivity index (χ0) is 12.3. The lowest BCUT2D eigenvalue weighted by atomic mass is 9.95. The molecule has 0 radical (unpaired) electrons. The molecule has 1 N–H and O–H groups in total. The fourth-order valence-corrected chi connectivity index (χ4v) is 2.47. The van der Waals surface area contributed by atoms with Gasteiger partial charge in [-0.1, -0.05) is 43.7 Å². The van der Waals surface area contributed by atoms with Crippen LogP contribution in [0.25, 0.3) is 0 Å². The molecular weight excluding hydrogens is 206 g/mol. The fourth-order valence-electron chi connectivity index (χ4n) is 2.47. The largest absolute Gasteiger partial charge is 0.316 e. The predicted octanol–water partition coefficient (Wildman–Crippen LogP) is 3.56. The van der Waals surface area contributed by atoms with Crippen LogP contribution in [0.2, 0.25) is 0 Å². The van der Waals surface area contributed by atoms with Gasteiger partial charge in [-0.3, -0.25) is 0 Å². The van der Waals surface area contributed by atoms with E-state index in [0.717, 1.165) is 12.5 Å². The van der Waals surface area contributed by atoms with Gasteiger partial charge in [-0.15, -0.1) is 0 Å². The van der Waals surface area contributed by atoms with E-state index < -0.39 is 0 Å². The molecule has 1 nitrogen and oxygen atoms in total. The minimum Gasteiger partial charge on any atom is -0.316 e. The highest BCUT2D eigenvalue weighted by molar-refractivity contribution is 5.24. The lowest BCUT2D eigenvalue weighted by Crippen LogP contribution is -2.28. The van der Waals surface area contributed by atoms with Crippen molar-refractivity contribution >= 4 is 0 Å². The molecule has 0 unspecified atom stereocenters. The number of hydrogen-bond acceptors (Lipinski definition) is 1. The molecule has 1 aromatic rings. The van der Waals surface area contributed by atoms with Crippen molar-refractivity contribution < 1.29 is 0 Å². The van der Waals surface area contributed by atoms with E-state index in [-0.39, 0.29) is 0 Å². The molecule has 1 aliphatic rings. The molecule has 17 heavy (non-hydrogen) atoms. The maximum atomic E-state index is 3.62. The monoisotopic (exact) mass is 231 g/mol. The van der Waals surface area contributed by atoms with Gasteiger partial charge in [0.25, 0.3) is 0 Å². The third-order valence-corrected chi connectivity index (χ3v) is 3.67. The van der Waals surface area contributed by atoms with Crippen molar-refractivity contribution in [2.75, 3.05) is 13.1 Å². The van der Waals surface area contributed by atoms with Crippen LogP contribution in [0.1, 0.15) is 37.8 Å². The summed E-state index contributed by atoms with van der Waals surface area (Å²) in [7, 11) is 0. The van der Waals surface area contributed by atoms with Crippen molar-refractivity contribution in [1.29, 1.82) is 0 Å². The molecule has 0 amide bonds. The van der Waals surface area contributed by atoms with Crippen molar-refractivity contribution in [2.45, 2.75) is 40.0 Å². The maximum Gasteiger partial charge on any atom is 0.00111 e. The SMILES string of the molecule is Cc1cccc(CC2(CNCC(C)C)CC2)c1. The summed E-state index contributed by atoms with van der Waals surface area (Å²) in [5.41, 5.74) is 3.46. The Morgan fingerprint density at radius 2 is 2.06 bits per heavy atom. The Morgan fingerprint density at radius 1 is 1.29 bits per heavy atom. The smallest absolute Gasteiger partial charge is 0.00111 e. The number of nitrogens with one attached hydrogen (secondary N) is 1. The maximum absolute atomic E-state index is 3.62. The van der Waals surface area contributed by atoms with Crippen LogP contribution in [0.5, 0.6) is 0 Å². The first-order valence-corrected chi connectivity index (χ1v) is 6.86. The van der Waals surface area contributed by atoms with E-state index in [4.69, 9.17) is 0 Å². The predicted molar refractivity (Wildman–Crippen MR) is 74.3 cm³/mol. The van der Waals surface area contributed by atoms with Crippen molar-refractivity contribution in [2.24, 2.45) is 11.3 Å². The summed E-state index contributed by atoms with van der Waals surface area (Å²) in [6.45, 7) is 9.06. The Labute approximate surface area is 106 Å². The molecule has 1 aliphatic carbocycles. The summed E-state index contributed by atoms with van der Waals surface area (Å²) >= 11 is 0. The van der Waals surface area contributed by atoms with Crippen LogP contribution in [-0.4, -0.2) is 13.1 Å². The van der Waals surface area contributed by atoms with Crippen LogP contribution < -0.4 is 5.32 Å². The van der Waals surface area contributed by atoms with E-state index in [1.54, 1.807) is 0 Å². The first kappa shape index (κ1) is 12.6. The summed E-state index contributed by atoms with van der Waals surface area (Å²) in [4.78, 5) is 0. The average Bonchev–Trinajstić information content (AvgIpc) is 2.97. The number of rotatable bonds is 6. The van der Waals surface area contributed by atoms with Crippen LogP contribution in [0.4, 0.5) is 0 Å². The van der Waals surface area contributed by atoms with Gasteiger partial charge in [-0.2, -0.15) is 0 Å². The molecule has 0 heterocycles. The first-order chi connectivity index (χ1) is 8.10. The molecular formula is C16H25N. The highest BCUT2D eigenvalue weighted by Crippen LogP contribution is 2.47. The van der Waals surface area contributed by atoms with Gasteiger partial charge >= 0.3 is 0 Å². The number of benzene rings is 1. The van der Waals surface area contributed by atoms with Crippen molar-refractivity contribution in [3.05, 3.63) is 35.4 Å². The van der Waals surface area contributed by atoms with E-state index in [0.29, 0.717) is 5.41 Å². The van der Waals surface area contributed by atoms with Gasteiger partial charge in [0, 0.05) is 6.54 Å². The second-order valence-corrected chi connectivity index (χ2v) is 6.19. The van der Waals surface area contributed by atoms with E-state index in [9.17, 15) is 0 Å². The number of aryl methyl sites for hydroxylation is 1. The normalized spacial score (nSPS) is 17.4. The van der Waals surface area contributed by atoms with Crippen molar-refractivity contribution in [3.8, 4) is 0 Å². The Hall–Kier alpha value is -0.820. The van der Waals surface area contributed by atoms with Gasteiger partial charge in [-0.05, 0) is 49.6 Å². The molecule has 0 saturated heterocycles. The summed E-state index contributed by atoms with van der Waals surface area (Å²) in [5.74, 6) is 0.754. The third kappa shape index (κ3) is 3.85. The molecule has 1 saturated carbocycles. The molecule has 94 valence electrons. The van der Waals surface area contributed by atoms with Gasteiger partial charge in [0.2, 0.25) is 0 Å². The minimum atomic E-state index is 0.572. The molecule has 0 aliphatic heterocycles. The minimum absolute atomic E-state index is 0.572. The summed E-state index contributed by atoms with van der Waals surface area (Å²) in [5, 5.41) is 3.62.